The minimum Gasteiger partial charge on any atom is -0.457 e. The molecule has 0 spiro atoms. The maximum absolute atomic E-state index is 13.3. The molecule has 0 saturated carbocycles. The Morgan fingerprint density at radius 1 is 1.20 bits per heavy atom. The van der Waals surface area contributed by atoms with E-state index in [2.05, 4.69) is 15.9 Å². The fourth-order valence-electron chi connectivity index (χ4n) is 1.96. The monoisotopic (exact) mass is 337 g/mol. The van der Waals surface area contributed by atoms with Crippen LogP contribution in [0, 0.1) is 12.7 Å². The lowest BCUT2D eigenvalue weighted by molar-refractivity contribution is 0.465. The summed E-state index contributed by atoms with van der Waals surface area (Å²) in [6.07, 6.45) is 0.698. The van der Waals surface area contributed by atoms with Gasteiger partial charge in [-0.15, -0.1) is 0 Å². The van der Waals surface area contributed by atoms with Crippen LogP contribution in [-0.4, -0.2) is 6.04 Å². The Kier molecular flexibility index (Phi) is 4.78. The predicted molar refractivity (Wildman–Crippen MR) is 82.7 cm³/mol. The van der Waals surface area contributed by atoms with Gasteiger partial charge >= 0.3 is 0 Å². The quantitative estimate of drug-likeness (QED) is 0.886. The first-order valence-electron chi connectivity index (χ1n) is 6.43. The van der Waals surface area contributed by atoms with Crippen molar-refractivity contribution in [2.45, 2.75) is 26.3 Å². The second kappa shape index (κ2) is 6.37. The van der Waals surface area contributed by atoms with E-state index in [1.165, 1.54) is 12.1 Å². The van der Waals surface area contributed by atoms with Crippen LogP contribution >= 0.6 is 15.9 Å². The molecule has 2 aromatic rings. The molecule has 0 saturated heterocycles. The minimum atomic E-state index is -0.309. The maximum atomic E-state index is 13.3. The van der Waals surface area contributed by atoms with Gasteiger partial charge in [0, 0.05) is 16.6 Å². The predicted octanol–water partition coefficient (Wildman–Crippen LogP) is 4.58. The highest BCUT2D eigenvalue weighted by molar-refractivity contribution is 9.10. The van der Waals surface area contributed by atoms with Crippen molar-refractivity contribution in [1.82, 2.24) is 0 Å². The molecule has 2 N–H and O–H groups in total. The fourth-order valence-corrected chi connectivity index (χ4v) is 2.36. The number of rotatable bonds is 4. The zero-order valence-corrected chi connectivity index (χ0v) is 13.1. The first kappa shape index (κ1) is 15.0. The van der Waals surface area contributed by atoms with Crippen LogP contribution in [0.2, 0.25) is 0 Å². The van der Waals surface area contributed by atoms with Gasteiger partial charge < -0.3 is 10.5 Å². The Morgan fingerprint density at radius 3 is 2.65 bits per heavy atom. The number of aryl methyl sites for hydroxylation is 1. The van der Waals surface area contributed by atoms with E-state index >= 15 is 0 Å². The molecule has 0 heterocycles. The molecule has 2 nitrogen and oxygen atoms in total. The van der Waals surface area contributed by atoms with E-state index in [0.717, 1.165) is 15.6 Å². The van der Waals surface area contributed by atoms with Crippen LogP contribution in [0.25, 0.3) is 0 Å². The lowest BCUT2D eigenvalue weighted by Gasteiger charge is -2.14. The molecule has 0 aromatic heterocycles. The first-order valence-corrected chi connectivity index (χ1v) is 7.23. The van der Waals surface area contributed by atoms with Crippen molar-refractivity contribution in [3.8, 4) is 11.5 Å². The Balaban J connectivity index is 2.35. The molecule has 106 valence electrons. The van der Waals surface area contributed by atoms with Crippen LogP contribution in [-0.2, 0) is 6.42 Å². The van der Waals surface area contributed by atoms with Crippen LogP contribution in [0.15, 0.2) is 40.9 Å². The summed E-state index contributed by atoms with van der Waals surface area (Å²) in [6.45, 7) is 3.83. The third-order valence-electron chi connectivity index (χ3n) is 2.93. The van der Waals surface area contributed by atoms with E-state index in [1.54, 1.807) is 6.07 Å². The molecule has 1 unspecified atom stereocenters. The molecule has 0 aliphatic rings. The van der Waals surface area contributed by atoms with Crippen molar-refractivity contribution in [2.24, 2.45) is 5.73 Å². The molecule has 2 rings (SSSR count). The second-order valence-electron chi connectivity index (χ2n) is 4.95. The highest BCUT2D eigenvalue weighted by atomic mass is 79.9. The van der Waals surface area contributed by atoms with E-state index in [0.29, 0.717) is 17.9 Å². The van der Waals surface area contributed by atoms with E-state index in [9.17, 15) is 4.39 Å². The Labute approximate surface area is 126 Å². The Morgan fingerprint density at radius 2 is 1.95 bits per heavy atom. The molecule has 2 aromatic carbocycles. The molecule has 0 amide bonds. The van der Waals surface area contributed by atoms with Gasteiger partial charge in [-0.3, -0.25) is 0 Å². The van der Waals surface area contributed by atoms with Crippen molar-refractivity contribution >= 4 is 15.9 Å². The smallest absolute Gasteiger partial charge is 0.133 e. The van der Waals surface area contributed by atoms with Gasteiger partial charge in [0.25, 0.3) is 0 Å². The topological polar surface area (TPSA) is 35.2 Å². The summed E-state index contributed by atoms with van der Waals surface area (Å²) in [5, 5.41) is 0. The number of benzene rings is 2. The van der Waals surface area contributed by atoms with E-state index < -0.39 is 0 Å². The molecule has 0 aliphatic carbocycles. The number of halogens is 2. The van der Waals surface area contributed by atoms with Gasteiger partial charge in [0.2, 0.25) is 0 Å². The van der Waals surface area contributed by atoms with Crippen molar-refractivity contribution in [1.29, 1.82) is 0 Å². The minimum absolute atomic E-state index is 0.0280. The van der Waals surface area contributed by atoms with Crippen molar-refractivity contribution in [2.75, 3.05) is 0 Å². The summed E-state index contributed by atoms with van der Waals surface area (Å²) in [7, 11) is 0. The van der Waals surface area contributed by atoms with Crippen LogP contribution < -0.4 is 10.5 Å². The molecular weight excluding hydrogens is 321 g/mol. The Bertz CT molecular complexity index is 613. The molecule has 0 fully saturated rings. The number of hydrogen-bond donors (Lipinski definition) is 1. The van der Waals surface area contributed by atoms with Gasteiger partial charge in [0.15, 0.2) is 0 Å². The summed E-state index contributed by atoms with van der Waals surface area (Å²) < 4.78 is 20.1. The molecule has 4 heteroatoms. The highest BCUT2D eigenvalue weighted by Gasteiger charge is 2.10. The van der Waals surface area contributed by atoms with Crippen molar-refractivity contribution in [3.63, 3.8) is 0 Å². The fraction of sp³-hybridized carbons (Fsp3) is 0.250. The third kappa shape index (κ3) is 3.81. The molecular formula is C16H17BrFNO. The summed E-state index contributed by atoms with van der Waals surface area (Å²) in [4.78, 5) is 0. The average Bonchev–Trinajstić information content (AvgIpc) is 2.36. The number of hydrogen-bond acceptors (Lipinski definition) is 2. The lowest BCUT2D eigenvalue weighted by Crippen LogP contribution is -2.18. The van der Waals surface area contributed by atoms with Gasteiger partial charge in [-0.2, -0.15) is 0 Å². The summed E-state index contributed by atoms with van der Waals surface area (Å²) >= 11 is 3.44. The normalized spacial score (nSPS) is 12.2. The lowest BCUT2D eigenvalue weighted by atomic mass is 10.1. The van der Waals surface area contributed by atoms with Crippen molar-refractivity contribution < 1.29 is 9.13 Å². The van der Waals surface area contributed by atoms with E-state index in [4.69, 9.17) is 10.5 Å². The van der Waals surface area contributed by atoms with Crippen LogP contribution in [0.5, 0.6) is 11.5 Å². The summed E-state index contributed by atoms with van der Waals surface area (Å²) in [6, 6.07) is 10.3. The first-order chi connectivity index (χ1) is 9.45. The van der Waals surface area contributed by atoms with Crippen molar-refractivity contribution in [3.05, 3.63) is 57.8 Å². The van der Waals surface area contributed by atoms with Gasteiger partial charge in [-0.25, -0.2) is 4.39 Å². The third-order valence-corrected chi connectivity index (χ3v) is 3.43. The molecule has 20 heavy (non-hydrogen) atoms. The molecule has 0 bridgehead atoms. The second-order valence-corrected chi connectivity index (χ2v) is 5.86. The zero-order chi connectivity index (χ0) is 14.7. The maximum Gasteiger partial charge on any atom is 0.133 e. The van der Waals surface area contributed by atoms with E-state index in [-0.39, 0.29) is 11.9 Å². The van der Waals surface area contributed by atoms with Crippen LogP contribution in [0.4, 0.5) is 4.39 Å². The van der Waals surface area contributed by atoms with Gasteiger partial charge in [-0.05, 0) is 55.7 Å². The number of ether oxygens (including phenoxy) is 1. The Hall–Kier alpha value is -1.39. The molecule has 0 aliphatic heterocycles. The average molecular weight is 338 g/mol. The number of nitrogens with two attached hydrogens (primary N) is 1. The molecule has 0 radical (unpaired) electrons. The summed E-state index contributed by atoms with van der Waals surface area (Å²) in [5.74, 6) is 0.925. The zero-order valence-electron chi connectivity index (χ0n) is 11.5. The van der Waals surface area contributed by atoms with Crippen LogP contribution in [0.3, 0.4) is 0 Å². The molecule has 1 atom stereocenters. The SMILES string of the molecule is Cc1ccc(F)cc1Oc1ccc(Br)cc1CC(C)N. The van der Waals surface area contributed by atoms with Gasteiger partial charge in [0.1, 0.15) is 17.3 Å². The highest BCUT2D eigenvalue weighted by Crippen LogP contribution is 2.31. The van der Waals surface area contributed by atoms with Gasteiger partial charge in [0.05, 0.1) is 0 Å². The largest absolute Gasteiger partial charge is 0.457 e. The van der Waals surface area contributed by atoms with E-state index in [1.807, 2.05) is 32.0 Å². The summed E-state index contributed by atoms with van der Waals surface area (Å²) in [5.41, 5.74) is 7.75. The van der Waals surface area contributed by atoms with Crippen LogP contribution in [0.1, 0.15) is 18.1 Å². The van der Waals surface area contributed by atoms with Gasteiger partial charge in [-0.1, -0.05) is 22.0 Å². The standard InChI is InChI=1S/C16H17BrFNO/c1-10-3-5-14(18)9-16(10)20-15-6-4-13(17)8-12(15)7-11(2)19/h3-6,8-9,11H,7,19H2,1-2H3.